The maximum atomic E-state index is 5.55. The molecule has 112 valence electrons. The molecule has 0 saturated carbocycles. The van der Waals surface area contributed by atoms with Crippen molar-refractivity contribution in [3.63, 3.8) is 0 Å². The molecule has 1 aliphatic heterocycles. The fraction of sp³-hybridized carbons (Fsp3) is 0.733. The van der Waals surface area contributed by atoms with E-state index in [4.69, 9.17) is 9.57 Å². The summed E-state index contributed by atoms with van der Waals surface area (Å²) in [5.74, 6) is 2.76. The van der Waals surface area contributed by atoms with E-state index in [1.165, 1.54) is 0 Å². The SMILES string of the molecule is CC(C)c1cc(NOCC2CCOC2)nc(C(C)C)n1. The molecule has 0 bridgehead atoms. The van der Waals surface area contributed by atoms with Crippen LogP contribution >= 0.6 is 0 Å². The van der Waals surface area contributed by atoms with Crippen molar-refractivity contribution in [2.45, 2.75) is 46.0 Å². The second-order valence-electron chi connectivity index (χ2n) is 5.99. The highest BCUT2D eigenvalue weighted by molar-refractivity contribution is 5.35. The number of hydrogen-bond acceptors (Lipinski definition) is 5. The molecule has 1 aromatic heterocycles. The van der Waals surface area contributed by atoms with Crippen LogP contribution in [0.3, 0.4) is 0 Å². The minimum atomic E-state index is 0.303. The molecule has 0 spiro atoms. The van der Waals surface area contributed by atoms with E-state index in [0.29, 0.717) is 24.4 Å². The lowest BCUT2D eigenvalue weighted by molar-refractivity contribution is 0.126. The van der Waals surface area contributed by atoms with Gasteiger partial charge in [-0.3, -0.25) is 4.84 Å². The van der Waals surface area contributed by atoms with Crippen molar-refractivity contribution in [3.05, 3.63) is 17.6 Å². The van der Waals surface area contributed by atoms with E-state index in [-0.39, 0.29) is 0 Å². The fourth-order valence-electron chi connectivity index (χ4n) is 2.04. The van der Waals surface area contributed by atoms with E-state index < -0.39 is 0 Å². The highest BCUT2D eigenvalue weighted by Gasteiger charge is 2.16. The van der Waals surface area contributed by atoms with Gasteiger partial charge in [-0.2, -0.15) is 0 Å². The van der Waals surface area contributed by atoms with Crippen molar-refractivity contribution in [1.82, 2.24) is 9.97 Å². The van der Waals surface area contributed by atoms with Crippen molar-refractivity contribution in [2.24, 2.45) is 5.92 Å². The second kappa shape index (κ2) is 6.99. The first-order valence-corrected chi connectivity index (χ1v) is 7.40. The lowest BCUT2D eigenvalue weighted by atomic mass is 10.1. The van der Waals surface area contributed by atoms with E-state index in [1.807, 2.05) is 6.07 Å². The Morgan fingerprint density at radius 2 is 2.10 bits per heavy atom. The second-order valence-corrected chi connectivity index (χ2v) is 5.99. The molecule has 1 fully saturated rings. The number of nitrogens with one attached hydrogen (secondary N) is 1. The molecule has 1 saturated heterocycles. The first kappa shape index (κ1) is 15.2. The van der Waals surface area contributed by atoms with Gasteiger partial charge in [0.15, 0.2) is 5.82 Å². The van der Waals surface area contributed by atoms with E-state index in [0.717, 1.165) is 37.0 Å². The van der Waals surface area contributed by atoms with Gasteiger partial charge in [-0.1, -0.05) is 27.7 Å². The average molecular weight is 279 g/mol. The molecule has 1 aliphatic rings. The van der Waals surface area contributed by atoms with Crippen LogP contribution in [-0.2, 0) is 9.57 Å². The minimum Gasteiger partial charge on any atom is -0.381 e. The molecule has 20 heavy (non-hydrogen) atoms. The van der Waals surface area contributed by atoms with E-state index >= 15 is 0 Å². The first-order valence-electron chi connectivity index (χ1n) is 7.40. The molecule has 0 radical (unpaired) electrons. The number of nitrogens with zero attached hydrogens (tertiary/aromatic N) is 2. The van der Waals surface area contributed by atoms with E-state index in [1.54, 1.807) is 0 Å². The molecule has 0 aliphatic carbocycles. The number of ether oxygens (including phenoxy) is 1. The quantitative estimate of drug-likeness (QED) is 0.811. The monoisotopic (exact) mass is 279 g/mol. The van der Waals surface area contributed by atoms with Crippen LogP contribution in [0, 0.1) is 5.92 Å². The molecule has 0 amide bonds. The Bertz CT molecular complexity index is 403. The molecule has 1 N–H and O–H groups in total. The maximum absolute atomic E-state index is 5.55. The summed E-state index contributed by atoms with van der Waals surface area (Å²) >= 11 is 0. The maximum Gasteiger partial charge on any atom is 0.153 e. The largest absolute Gasteiger partial charge is 0.381 e. The molecule has 1 unspecified atom stereocenters. The Kier molecular flexibility index (Phi) is 5.31. The lowest BCUT2D eigenvalue weighted by Gasteiger charge is -2.14. The molecule has 2 heterocycles. The zero-order valence-corrected chi connectivity index (χ0v) is 12.8. The molecular formula is C15H25N3O2. The van der Waals surface area contributed by atoms with Gasteiger partial charge in [0.25, 0.3) is 0 Å². The topological polar surface area (TPSA) is 56.3 Å². The molecule has 5 nitrogen and oxygen atoms in total. The highest BCUT2D eigenvalue weighted by atomic mass is 16.6. The Morgan fingerprint density at radius 1 is 1.30 bits per heavy atom. The zero-order chi connectivity index (χ0) is 14.5. The van der Waals surface area contributed by atoms with Crippen molar-refractivity contribution >= 4 is 5.82 Å². The normalized spacial score (nSPS) is 19.0. The van der Waals surface area contributed by atoms with Crippen LogP contribution in [0.4, 0.5) is 5.82 Å². The summed E-state index contributed by atoms with van der Waals surface area (Å²) in [5.41, 5.74) is 4.00. The smallest absolute Gasteiger partial charge is 0.153 e. The summed E-state index contributed by atoms with van der Waals surface area (Å²) in [6.45, 7) is 10.7. The van der Waals surface area contributed by atoms with Crippen LogP contribution < -0.4 is 5.48 Å². The summed E-state index contributed by atoms with van der Waals surface area (Å²) in [4.78, 5) is 14.6. The summed E-state index contributed by atoms with van der Waals surface area (Å²) in [7, 11) is 0. The van der Waals surface area contributed by atoms with Crippen molar-refractivity contribution in [2.75, 3.05) is 25.3 Å². The average Bonchev–Trinajstić information content (AvgIpc) is 2.91. The van der Waals surface area contributed by atoms with Crippen LogP contribution in [0.15, 0.2) is 6.07 Å². The van der Waals surface area contributed by atoms with Gasteiger partial charge in [-0.05, 0) is 12.3 Å². The third-order valence-electron chi connectivity index (χ3n) is 3.39. The Balaban J connectivity index is 1.98. The molecule has 2 rings (SSSR count). The van der Waals surface area contributed by atoms with Crippen LogP contribution in [0.2, 0.25) is 0 Å². The molecule has 0 aromatic carbocycles. The minimum absolute atomic E-state index is 0.303. The van der Waals surface area contributed by atoms with Gasteiger partial charge in [0.1, 0.15) is 5.82 Å². The van der Waals surface area contributed by atoms with Crippen molar-refractivity contribution in [3.8, 4) is 0 Å². The molecule has 5 heteroatoms. The lowest BCUT2D eigenvalue weighted by Crippen LogP contribution is -2.15. The van der Waals surface area contributed by atoms with E-state index in [2.05, 4.69) is 43.1 Å². The summed E-state index contributed by atoms with van der Waals surface area (Å²) in [6.07, 6.45) is 1.07. The van der Waals surface area contributed by atoms with Crippen molar-refractivity contribution < 1.29 is 9.57 Å². The van der Waals surface area contributed by atoms with Gasteiger partial charge in [0.05, 0.1) is 13.2 Å². The third kappa shape index (κ3) is 4.15. The predicted octanol–water partition coefficient (Wildman–Crippen LogP) is 3.10. The first-order chi connectivity index (χ1) is 9.56. The van der Waals surface area contributed by atoms with Crippen LogP contribution in [0.25, 0.3) is 0 Å². The van der Waals surface area contributed by atoms with Gasteiger partial charge in [-0.15, -0.1) is 0 Å². The number of rotatable bonds is 6. The Labute approximate surface area is 121 Å². The van der Waals surface area contributed by atoms with Gasteiger partial charge < -0.3 is 4.74 Å². The van der Waals surface area contributed by atoms with Gasteiger partial charge in [0, 0.05) is 30.2 Å². The van der Waals surface area contributed by atoms with Gasteiger partial charge in [-0.25, -0.2) is 15.4 Å². The number of hydrogen-bond donors (Lipinski definition) is 1. The Morgan fingerprint density at radius 3 is 2.70 bits per heavy atom. The Hall–Kier alpha value is -1.20. The summed E-state index contributed by atoms with van der Waals surface area (Å²) in [6, 6.07) is 1.96. The summed E-state index contributed by atoms with van der Waals surface area (Å²) in [5, 5.41) is 0. The van der Waals surface area contributed by atoms with Crippen LogP contribution in [0.1, 0.15) is 57.5 Å². The van der Waals surface area contributed by atoms with Crippen molar-refractivity contribution in [1.29, 1.82) is 0 Å². The standard InChI is InChI=1S/C15H25N3O2/c1-10(2)13-7-14(17-15(16-13)11(3)4)18-20-9-12-5-6-19-8-12/h7,10-12H,5-6,8-9H2,1-4H3,(H,16,17,18). The highest BCUT2D eigenvalue weighted by Crippen LogP contribution is 2.20. The molecular weight excluding hydrogens is 254 g/mol. The van der Waals surface area contributed by atoms with Crippen LogP contribution in [0.5, 0.6) is 0 Å². The van der Waals surface area contributed by atoms with Gasteiger partial charge >= 0.3 is 0 Å². The van der Waals surface area contributed by atoms with Gasteiger partial charge in [0.2, 0.25) is 0 Å². The fourth-order valence-corrected chi connectivity index (χ4v) is 2.04. The van der Waals surface area contributed by atoms with Crippen LogP contribution in [-0.4, -0.2) is 29.8 Å². The third-order valence-corrected chi connectivity index (χ3v) is 3.39. The zero-order valence-electron chi connectivity index (χ0n) is 12.8. The predicted molar refractivity (Wildman–Crippen MR) is 78.7 cm³/mol. The molecule has 1 aromatic rings. The summed E-state index contributed by atoms with van der Waals surface area (Å²) < 4.78 is 5.33. The molecule has 1 atom stereocenters. The number of aromatic nitrogens is 2. The van der Waals surface area contributed by atoms with E-state index in [9.17, 15) is 0 Å². The number of anilines is 1.